The Balaban J connectivity index is 1.98. The Labute approximate surface area is 145 Å². The van der Waals surface area contributed by atoms with Crippen LogP contribution >= 0.6 is 0 Å². The van der Waals surface area contributed by atoms with Gasteiger partial charge in [-0.05, 0) is 58.9 Å². The van der Waals surface area contributed by atoms with Crippen LogP contribution in [0.1, 0.15) is 52.9 Å². The van der Waals surface area contributed by atoms with Crippen LogP contribution in [0.15, 0.2) is 0 Å². The van der Waals surface area contributed by atoms with Crippen LogP contribution in [0.2, 0.25) is 0 Å². The molecule has 0 radical (unpaired) electrons. The summed E-state index contributed by atoms with van der Waals surface area (Å²) in [7, 11) is 1.69. The smallest absolute Gasteiger partial charge is 0.410 e. The highest BCUT2D eigenvalue weighted by Gasteiger charge is 2.35. The van der Waals surface area contributed by atoms with Gasteiger partial charge in [0.1, 0.15) is 5.60 Å². The van der Waals surface area contributed by atoms with E-state index >= 15 is 0 Å². The molecule has 1 N–H and O–H groups in total. The summed E-state index contributed by atoms with van der Waals surface area (Å²) in [6.45, 7) is 8.65. The highest BCUT2D eigenvalue weighted by atomic mass is 16.6. The van der Waals surface area contributed by atoms with E-state index in [0.29, 0.717) is 18.5 Å². The topological polar surface area (TPSA) is 61.9 Å². The number of nitrogens with zero attached hydrogens (tertiary/aromatic N) is 2. The van der Waals surface area contributed by atoms with Gasteiger partial charge in [0.15, 0.2) is 0 Å². The lowest BCUT2D eigenvalue weighted by molar-refractivity contribution is -0.123. The number of likely N-dealkylation sites (N-methyl/N-ethyl adjacent to an activating group) is 1. The fourth-order valence-corrected chi connectivity index (χ4v) is 3.83. The molecule has 0 aromatic rings. The van der Waals surface area contributed by atoms with Crippen molar-refractivity contribution in [1.29, 1.82) is 0 Å². The van der Waals surface area contributed by atoms with Crippen LogP contribution < -0.4 is 5.32 Å². The zero-order valence-electron chi connectivity index (χ0n) is 15.6. The second-order valence-electron chi connectivity index (χ2n) is 8.04. The molecule has 0 aromatic carbocycles. The van der Waals surface area contributed by atoms with Crippen LogP contribution in [0.5, 0.6) is 0 Å². The molecule has 6 nitrogen and oxygen atoms in total. The van der Waals surface area contributed by atoms with Gasteiger partial charge in [0.25, 0.3) is 0 Å². The molecular formula is C18H33N3O3. The lowest BCUT2D eigenvalue weighted by atomic mass is 9.84. The van der Waals surface area contributed by atoms with Gasteiger partial charge in [-0.3, -0.25) is 9.69 Å². The number of rotatable bonds is 3. The maximum atomic E-state index is 12.4. The fraction of sp³-hybridized carbons (Fsp3) is 0.889. The Morgan fingerprint density at radius 1 is 1.12 bits per heavy atom. The molecular weight excluding hydrogens is 306 g/mol. The number of likely N-dealkylation sites (tertiary alicyclic amines) is 2. The minimum atomic E-state index is -0.458. The Morgan fingerprint density at radius 2 is 1.88 bits per heavy atom. The minimum absolute atomic E-state index is 0.0710. The maximum Gasteiger partial charge on any atom is 0.410 e. The van der Waals surface area contributed by atoms with E-state index in [9.17, 15) is 9.59 Å². The predicted octanol–water partition coefficient (Wildman–Crippen LogP) is 2.23. The van der Waals surface area contributed by atoms with Crippen LogP contribution in [-0.4, -0.2) is 66.7 Å². The molecule has 6 heteroatoms. The van der Waals surface area contributed by atoms with E-state index in [1.165, 1.54) is 6.42 Å². The van der Waals surface area contributed by atoms with E-state index in [1.54, 1.807) is 7.05 Å². The van der Waals surface area contributed by atoms with Gasteiger partial charge in [-0.1, -0.05) is 6.42 Å². The first-order valence-electron chi connectivity index (χ1n) is 9.22. The predicted molar refractivity (Wildman–Crippen MR) is 93.8 cm³/mol. The van der Waals surface area contributed by atoms with Gasteiger partial charge in [-0.2, -0.15) is 0 Å². The van der Waals surface area contributed by atoms with Gasteiger partial charge >= 0.3 is 6.09 Å². The zero-order chi connectivity index (χ0) is 17.7. The standard InChI is InChI=1S/C18H33N3O3/c1-18(2,3)24-17(23)21-11-7-8-14(12-21)15-9-5-6-10-20(15)13-16(22)19-4/h14-15H,5-13H2,1-4H3,(H,19,22)/t14-,15+/m1/s1. The van der Waals surface area contributed by atoms with Crippen molar-refractivity contribution >= 4 is 12.0 Å². The summed E-state index contributed by atoms with van der Waals surface area (Å²) in [4.78, 5) is 28.3. The van der Waals surface area contributed by atoms with E-state index in [2.05, 4.69) is 10.2 Å². The molecule has 2 atom stereocenters. The second-order valence-corrected chi connectivity index (χ2v) is 8.04. The lowest BCUT2D eigenvalue weighted by Gasteiger charge is -2.44. The van der Waals surface area contributed by atoms with Crippen molar-refractivity contribution < 1.29 is 14.3 Å². The molecule has 2 saturated heterocycles. The van der Waals surface area contributed by atoms with Gasteiger partial charge in [-0.15, -0.1) is 0 Å². The molecule has 0 unspecified atom stereocenters. The molecule has 138 valence electrons. The molecule has 2 heterocycles. The molecule has 0 aromatic heterocycles. The fourth-order valence-electron chi connectivity index (χ4n) is 3.83. The molecule has 2 amide bonds. The Hall–Kier alpha value is -1.30. The van der Waals surface area contributed by atoms with Crippen LogP contribution in [0.25, 0.3) is 0 Å². The average Bonchev–Trinajstić information content (AvgIpc) is 2.54. The number of amides is 2. The molecule has 0 spiro atoms. The third-order valence-electron chi connectivity index (χ3n) is 4.94. The maximum absolute atomic E-state index is 12.4. The van der Waals surface area contributed by atoms with Crippen molar-refractivity contribution in [2.24, 2.45) is 5.92 Å². The number of nitrogens with one attached hydrogen (secondary N) is 1. The quantitative estimate of drug-likeness (QED) is 0.856. The normalized spacial score (nSPS) is 26.1. The van der Waals surface area contributed by atoms with Crippen LogP contribution in [0.3, 0.4) is 0 Å². The van der Waals surface area contributed by atoms with E-state index in [0.717, 1.165) is 45.3 Å². The van der Waals surface area contributed by atoms with Crippen LogP contribution in [0, 0.1) is 5.92 Å². The molecule has 2 aliphatic rings. The van der Waals surface area contributed by atoms with Crippen molar-refractivity contribution in [3.05, 3.63) is 0 Å². The first kappa shape index (κ1) is 19.0. The number of piperidine rings is 2. The van der Waals surface area contributed by atoms with E-state index in [4.69, 9.17) is 4.74 Å². The number of hydrogen-bond donors (Lipinski definition) is 1. The van der Waals surface area contributed by atoms with Crippen LogP contribution in [-0.2, 0) is 9.53 Å². The molecule has 2 aliphatic heterocycles. The summed E-state index contributed by atoms with van der Waals surface area (Å²) in [5, 5.41) is 2.72. The van der Waals surface area contributed by atoms with Crippen molar-refractivity contribution in [2.75, 3.05) is 33.2 Å². The summed E-state index contributed by atoms with van der Waals surface area (Å²) >= 11 is 0. The zero-order valence-corrected chi connectivity index (χ0v) is 15.6. The monoisotopic (exact) mass is 339 g/mol. The molecule has 2 fully saturated rings. The highest BCUT2D eigenvalue weighted by Crippen LogP contribution is 2.30. The van der Waals surface area contributed by atoms with Gasteiger partial charge in [0.2, 0.25) is 5.91 Å². The third kappa shape index (κ3) is 5.36. The second kappa shape index (κ2) is 8.19. The average molecular weight is 339 g/mol. The molecule has 0 saturated carbocycles. The number of ether oxygens (including phenoxy) is 1. The van der Waals surface area contributed by atoms with Gasteiger partial charge in [-0.25, -0.2) is 4.79 Å². The largest absolute Gasteiger partial charge is 0.444 e. The van der Waals surface area contributed by atoms with Crippen molar-refractivity contribution in [3.63, 3.8) is 0 Å². The summed E-state index contributed by atoms with van der Waals surface area (Å²) in [6, 6.07) is 0.390. The highest BCUT2D eigenvalue weighted by molar-refractivity contribution is 5.77. The molecule has 0 aliphatic carbocycles. The summed E-state index contributed by atoms with van der Waals surface area (Å²) in [5.41, 5.74) is -0.458. The van der Waals surface area contributed by atoms with Crippen molar-refractivity contribution in [3.8, 4) is 0 Å². The minimum Gasteiger partial charge on any atom is -0.444 e. The summed E-state index contributed by atoms with van der Waals surface area (Å²) < 4.78 is 5.53. The van der Waals surface area contributed by atoms with E-state index in [1.807, 2.05) is 25.7 Å². The summed E-state index contributed by atoms with van der Waals surface area (Å²) in [5.74, 6) is 0.498. The Bertz CT molecular complexity index is 447. The molecule has 0 bridgehead atoms. The Morgan fingerprint density at radius 3 is 2.54 bits per heavy atom. The van der Waals surface area contributed by atoms with E-state index < -0.39 is 5.60 Å². The van der Waals surface area contributed by atoms with Gasteiger partial charge in [0, 0.05) is 26.2 Å². The Kier molecular flexibility index (Phi) is 6.49. The number of hydrogen-bond acceptors (Lipinski definition) is 4. The first-order valence-corrected chi connectivity index (χ1v) is 9.22. The van der Waals surface area contributed by atoms with Crippen LogP contribution in [0.4, 0.5) is 4.79 Å². The van der Waals surface area contributed by atoms with E-state index in [-0.39, 0.29) is 12.0 Å². The van der Waals surface area contributed by atoms with Gasteiger partial charge < -0.3 is 15.0 Å². The van der Waals surface area contributed by atoms with Crippen molar-refractivity contribution in [2.45, 2.75) is 64.5 Å². The molecule has 24 heavy (non-hydrogen) atoms. The molecule has 2 rings (SSSR count). The number of carbonyl (C=O) groups excluding carboxylic acids is 2. The third-order valence-corrected chi connectivity index (χ3v) is 4.94. The number of carbonyl (C=O) groups is 2. The first-order chi connectivity index (χ1) is 11.3. The SMILES string of the molecule is CNC(=O)CN1CCCC[C@H]1[C@@H]1CCCN(C(=O)OC(C)(C)C)C1. The van der Waals surface area contributed by atoms with Crippen molar-refractivity contribution in [1.82, 2.24) is 15.1 Å². The van der Waals surface area contributed by atoms with Gasteiger partial charge in [0.05, 0.1) is 6.54 Å². The lowest BCUT2D eigenvalue weighted by Crippen LogP contribution is -2.53. The summed E-state index contributed by atoms with van der Waals surface area (Å²) in [6.07, 6.45) is 5.39.